The number of hydrogen-bond donors (Lipinski definition) is 2. The van der Waals surface area contributed by atoms with E-state index in [1.165, 1.54) is 13.3 Å². The highest BCUT2D eigenvalue weighted by Crippen LogP contribution is 2.24. The Morgan fingerprint density at radius 3 is 2.66 bits per heavy atom. The quantitative estimate of drug-likeness (QED) is 0.734. The maximum atomic E-state index is 12.1. The summed E-state index contributed by atoms with van der Waals surface area (Å²) in [5, 5.41) is 14.4. The highest BCUT2D eigenvalue weighted by molar-refractivity contribution is 6.39. The van der Waals surface area contributed by atoms with Crippen LogP contribution in [0.4, 0.5) is 11.5 Å². The number of anilines is 2. The fourth-order valence-corrected chi connectivity index (χ4v) is 3.23. The van der Waals surface area contributed by atoms with E-state index in [1.807, 2.05) is 4.90 Å². The molecule has 0 bridgehead atoms. The molecule has 9 nitrogen and oxygen atoms in total. The molecular formula is C20H22N6O3. The van der Waals surface area contributed by atoms with Crippen LogP contribution in [0.2, 0.25) is 0 Å². The van der Waals surface area contributed by atoms with E-state index < -0.39 is 11.8 Å². The van der Waals surface area contributed by atoms with Crippen molar-refractivity contribution in [3.8, 4) is 11.8 Å². The summed E-state index contributed by atoms with van der Waals surface area (Å²) >= 11 is 0. The van der Waals surface area contributed by atoms with Gasteiger partial charge in [-0.3, -0.25) is 9.59 Å². The summed E-state index contributed by atoms with van der Waals surface area (Å²) in [5.74, 6) is -0.0869. The normalized spacial score (nSPS) is 14.0. The molecule has 1 aliphatic rings. The third kappa shape index (κ3) is 4.99. The van der Waals surface area contributed by atoms with Gasteiger partial charge in [-0.2, -0.15) is 5.26 Å². The lowest BCUT2D eigenvalue weighted by Gasteiger charge is -2.32. The largest absolute Gasteiger partial charge is 0.495 e. The number of nitrogens with zero attached hydrogens (tertiary/aromatic N) is 4. The van der Waals surface area contributed by atoms with E-state index >= 15 is 0 Å². The van der Waals surface area contributed by atoms with Crippen LogP contribution in [-0.2, 0) is 9.59 Å². The van der Waals surface area contributed by atoms with Crippen molar-refractivity contribution in [3.05, 3.63) is 42.4 Å². The van der Waals surface area contributed by atoms with E-state index in [-0.39, 0.29) is 5.92 Å². The van der Waals surface area contributed by atoms with Crippen LogP contribution in [0.5, 0.6) is 5.75 Å². The Morgan fingerprint density at radius 2 is 1.93 bits per heavy atom. The maximum absolute atomic E-state index is 12.1. The number of methoxy groups -OCH3 is 1. The number of carbonyl (C=O) groups is 2. The lowest BCUT2D eigenvalue weighted by atomic mass is 9.96. The molecule has 1 saturated heterocycles. The fraction of sp³-hybridized carbons (Fsp3) is 0.350. The highest BCUT2D eigenvalue weighted by atomic mass is 16.5. The highest BCUT2D eigenvalue weighted by Gasteiger charge is 2.24. The van der Waals surface area contributed by atoms with Crippen LogP contribution in [0.3, 0.4) is 0 Å². The zero-order valence-electron chi connectivity index (χ0n) is 16.1. The van der Waals surface area contributed by atoms with Gasteiger partial charge in [0.05, 0.1) is 12.8 Å². The van der Waals surface area contributed by atoms with Crippen molar-refractivity contribution in [2.45, 2.75) is 12.8 Å². The molecule has 0 spiro atoms. The number of amides is 2. The molecule has 2 heterocycles. The predicted molar refractivity (Wildman–Crippen MR) is 106 cm³/mol. The predicted octanol–water partition coefficient (Wildman–Crippen LogP) is 1.33. The Morgan fingerprint density at radius 1 is 1.21 bits per heavy atom. The summed E-state index contributed by atoms with van der Waals surface area (Å²) in [4.78, 5) is 34.6. The van der Waals surface area contributed by atoms with Crippen molar-refractivity contribution < 1.29 is 14.3 Å². The smallest absolute Gasteiger partial charge is 0.313 e. The van der Waals surface area contributed by atoms with Crippen LogP contribution in [0.25, 0.3) is 0 Å². The van der Waals surface area contributed by atoms with Crippen LogP contribution in [-0.4, -0.2) is 48.5 Å². The summed E-state index contributed by atoms with van der Waals surface area (Å²) in [6, 6.07) is 8.96. The Labute approximate surface area is 168 Å². The molecule has 1 fully saturated rings. The number of ether oxygens (including phenoxy) is 1. The van der Waals surface area contributed by atoms with Crippen molar-refractivity contribution in [2.24, 2.45) is 5.92 Å². The van der Waals surface area contributed by atoms with E-state index in [0.717, 1.165) is 12.8 Å². The van der Waals surface area contributed by atoms with Crippen molar-refractivity contribution in [3.63, 3.8) is 0 Å². The molecule has 9 heteroatoms. The number of hydrogen-bond acceptors (Lipinski definition) is 7. The molecule has 0 saturated carbocycles. The minimum absolute atomic E-state index is 0.247. The summed E-state index contributed by atoms with van der Waals surface area (Å²) < 4.78 is 5.16. The standard InChI is InChI=1S/C20H22N6O3/c1-29-17-5-3-2-4-15(17)25-20(28)19(27)24-13-14-6-10-26(11-7-14)18-16(12-21)22-8-9-23-18/h2-5,8-9,14H,6-7,10-11,13H2,1H3,(H,24,27)(H,25,28). The molecule has 3 rings (SSSR count). The van der Waals surface area contributed by atoms with Crippen LogP contribution >= 0.6 is 0 Å². The van der Waals surface area contributed by atoms with Crippen molar-refractivity contribution in [1.82, 2.24) is 15.3 Å². The van der Waals surface area contributed by atoms with Gasteiger partial charge in [0.25, 0.3) is 0 Å². The van der Waals surface area contributed by atoms with Gasteiger partial charge in [-0.1, -0.05) is 12.1 Å². The molecule has 29 heavy (non-hydrogen) atoms. The lowest BCUT2D eigenvalue weighted by Crippen LogP contribution is -2.42. The second kappa shape index (κ2) is 9.50. The maximum Gasteiger partial charge on any atom is 0.313 e. The second-order valence-corrected chi connectivity index (χ2v) is 6.64. The van der Waals surface area contributed by atoms with Gasteiger partial charge in [0.1, 0.15) is 11.8 Å². The molecule has 0 aliphatic carbocycles. The Kier molecular flexibility index (Phi) is 6.58. The first-order valence-electron chi connectivity index (χ1n) is 9.30. The van der Waals surface area contributed by atoms with Crippen molar-refractivity contribution >= 4 is 23.3 Å². The number of benzene rings is 1. The summed E-state index contributed by atoms with van der Waals surface area (Å²) in [6.07, 6.45) is 4.70. The topological polar surface area (TPSA) is 120 Å². The van der Waals surface area contributed by atoms with Crippen LogP contribution in [0, 0.1) is 17.2 Å². The van der Waals surface area contributed by atoms with Gasteiger partial charge < -0.3 is 20.3 Å². The van der Waals surface area contributed by atoms with Gasteiger partial charge in [-0.05, 0) is 30.9 Å². The van der Waals surface area contributed by atoms with Gasteiger partial charge in [-0.25, -0.2) is 9.97 Å². The molecule has 2 N–H and O–H groups in total. The first-order valence-corrected chi connectivity index (χ1v) is 9.30. The number of rotatable bonds is 5. The number of piperidine rings is 1. The average Bonchev–Trinajstić information content (AvgIpc) is 2.78. The van der Waals surface area contributed by atoms with E-state index in [9.17, 15) is 9.59 Å². The van der Waals surface area contributed by atoms with Crippen LogP contribution in [0.1, 0.15) is 18.5 Å². The Balaban J connectivity index is 1.47. The van der Waals surface area contributed by atoms with E-state index in [2.05, 4.69) is 26.7 Å². The summed E-state index contributed by atoms with van der Waals surface area (Å²) in [6.45, 7) is 1.83. The number of carbonyl (C=O) groups excluding carboxylic acids is 2. The number of aromatic nitrogens is 2. The zero-order chi connectivity index (χ0) is 20.6. The summed E-state index contributed by atoms with van der Waals surface area (Å²) in [5.41, 5.74) is 0.757. The Bertz CT molecular complexity index is 918. The van der Waals surface area contributed by atoms with E-state index in [1.54, 1.807) is 30.5 Å². The van der Waals surface area contributed by atoms with Crippen molar-refractivity contribution in [2.75, 3.05) is 37.0 Å². The lowest BCUT2D eigenvalue weighted by molar-refractivity contribution is -0.136. The Hall–Kier alpha value is -3.67. The number of nitrogens with one attached hydrogen (secondary N) is 2. The molecule has 0 radical (unpaired) electrons. The first kappa shape index (κ1) is 20.1. The number of nitriles is 1. The molecule has 1 aromatic carbocycles. The minimum Gasteiger partial charge on any atom is -0.495 e. The summed E-state index contributed by atoms with van der Waals surface area (Å²) in [7, 11) is 1.50. The van der Waals surface area contributed by atoms with Gasteiger partial charge in [-0.15, -0.1) is 0 Å². The average molecular weight is 394 g/mol. The second-order valence-electron chi connectivity index (χ2n) is 6.64. The molecule has 150 valence electrons. The van der Waals surface area contributed by atoms with Gasteiger partial charge in [0, 0.05) is 32.0 Å². The van der Waals surface area contributed by atoms with Crippen LogP contribution < -0.4 is 20.3 Å². The SMILES string of the molecule is COc1ccccc1NC(=O)C(=O)NCC1CCN(c2nccnc2C#N)CC1. The van der Waals surface area contributed by atoms with E-state index in [0.29, 0.717) is 42.6 Å². The van der Waals surface area contributed by atoms with Gasteiger partial charge in [0.2, 0.25) is 0 Å². The third-order valence-electron chi connectivity index (χ3n) is 4.81. The van der Waals surface area contributed by atoms with E-state index in [4.69, 9.17) is 10.00 Å². The first-order chi connectivity index (χ1) is 14.1. The molecule has 0 unspecified atom stereocenters. The fourth-order valence-electron chi connectivity index (χ4n) is 3.23. The minimum atomic E-state index is -0.731. The molecule has 2 amide bonds. The van der Waals surface area contributed by atoms with Gasteiger partial charge in [0.15, 0.2) is 11.5 Å². The zero-order valence-corrected chi connectivity index (χ0v) is 16.1. The van der Waals surface area contributed by atoms with Gasteiger partial charge >= 0.3 is 11.8 Å². The monoisotopic (exact) mass is 394 g/mol. The van der Waals surface area contributed by atoms with Crippen LogP contribution in [0.15, 0.2) is 36.7 Å². The number of para-hydroxylation sites is 2. The molecule has 0 atom stereocenters. The molecule has 2 aromatic rings. The molecule has 1 aromatic heterocycles. The van der Waals surface area contributed by atoms with Crippen molar-refractivity contribution in [1.29, 1.82) is 5.26 Å². The molecular weight excluding hydrogens is 372 g/mol. The molecule has 1 aliphatic heterocycles. The third-order valence-corrected chi connectivity index (χ3v) is 4.81.